The summed E-state index contributed by atoms with van der Waals surface area (Å²) < 4.78 is 37.8. The van der Waals surface area contributed by atoms with Gasteiger partial charge in [0.2, 0.25) is 5.91 Å². The highest BCUT2D eigenvalue weighted by Gasteiger charge is 2.63. The van der Waals surface area contributed by atoms with Crippen molar-refractivity contribution in [3.8, 4) is 0 Å². The van der Waals surface area contributed by atoms with Crippen LogP contribution in [-0.2, 0) is 9.59 Å². The largest absolute Gasteiger partial charge is 0.480 e. The fourth-order valence-electron chi connectivity index (χ4n) is 6.44. The van der Waals surface area contributed by atoms with E-state index < -0.39 is 35.9 Å². The third-order valence-corrected chi connectivity index (χ3v) is 6.15. The van der Waals surface area contributed by atoms with Gasteiger partial charge in [0.05, 0.1) is 11.8 Å². The fourth-order valence-corrected chi connectivity index (χ4v) is 6.44. The average Bonchev–Trinajstić information content (AvgIpc) is 2.31. The molecule has 3 unspecified atom stereocenters. The summed E-state index contributed by atoms with van der Waals surface area (Å²) in [5, 5.41) is 11.3. The maximum absolute atomic E-state index is 12.8. The molecule has 4 nitrogen and oxygen atoms in total. The van der Waals surface area contributed by atoms with E-state index in [0.29, 0.717) is 25.2 Å². The Kier molecular flexibility index (Phi) is 3.74. The molecular formula is C17H24F3NO3. The molecule has 4 bridgehead atoms. The summed E-state index contributed by atoms with van der Waals surface area (Å²) in [6.07, 6.45) is -1.05. The first-order valence-electron chi connectivity index (χ1n) is 8.44. The molecule has 0 aliphatic heterocycles. The molecule has 24 heavy (non-hydrogen) atoms. The standard InChI is InChI=1S/C17H24F3NO3/c1-14-3-10-4-15(2,7-14)9-16(5-10,8-14)13(24)21-11(12(22)23)6-17(18,19)20/h10-11H,3-9H2,1-2H3,(H,21,24)(H,22,23). The lowest BCUT2D eigenvalue weighted by atomic mass is 9.40. The van der Waals surface area contributed by atoms with Gasteiger partial charge in [0.25, 0.3) is 0 Å². The van der Waals surface area contributed by atoms with Crippen molar-refractivity contribution in [2.24, 2.45) is 22.2 Å². The molecule has 4 aliphatic carbocycles. The molecule has 4 aliphatic rings. The molecule has 2 N–H and O–H groups in total. The Balaban J connectivity index is 1.80. The quantitative estimate of drug-likeness (QED) is 0.818. The molecule has 0 saturated heterocycles. The van der Waals surface area contributed by atoms with Gasteiger partial charge in [0.15, 0.2) is 0 Å². The van der Waals surface area contributed by atoms with Crippen LogP contribution in [0.25, 0.3) is 0 Å². The summed E-state index contributed by atoms with van der Waals surface area (Å²) in [5.74, 6) is -1.73. The van der Waals surface area contributed by atoms with Gasteiger partial charge in [-0.15, -0.1) is 0 Å². The van der Waals surface area contributed by atoms with Crippen molar-refractivity contribution in [3.63, 3.8) is 0 Å². The van der Waals surface area contributed by atoms with E-state index in [0.717, 1.165) is 19.3 Å². The van der Waals surface area contributed by atoms with E-state index in [1.54, 1.807) is 0 Å². The van der Waals surface area contributed by atoms with Gasteiger partial charge in [-0.2, -0.15) is 13.2 Å². The van der Waals surface area contributed by atoms with Gasteiger partial charge in [-0.05, 0) is 55.3 Å². The zero-order valence-electron chi connectivity index (χ0n) is 14.0. The highest BCUT2D eigenvalue weighted by atomic mass is 19.4. The Morgan fingerprint density at radius 2 is 1.67 bits per heavy atom. The molecule has 136 valence electrons. The first-order chi connectivity index (χ1) is 10.8. The van der Waals surface area contributed by atoms with E-state index in [1.807, 2.05) is 0 Å². The Hall–Kier alpha value is -1.27. The second-order valence-corrected chi connectivity index (χ2v) is 9.09. The van der Waals surface area contributed by atoms with Gasteiger partial charge in [-0.25, -0.2) is 4.79 Å². The topological polar surface area (TPSA) is 66.4 Å². The maximum atomic E-state index is 12.8. The average molecular weight is 347 g/mol. The smallest absolute Gasteiger partial charge is 0.391 e. The van der Waals surface area contributed by atoms with Crippen molar-refractivity contribution in [2.45, 2.75) is 71.0 Å². The van der Waals surface area contributed by atoms with Crippen LogP contribution in [0.15, 0.2) is 0 Å². The van der Waals surface area contributed by atoms with Crippen LogP contribution < -0.4 is 5.32 Å². The number of carboxylic acid groups (broad SMARTS) is 1. The van der Waals surface area contributed by atoms with Crippen LogP contribution in [-0.4, -0.2) is 29.2 Å². The fraction of sp³-hybridized carbons (Fsp3) is 0.882. The zero-order chi connectivity index (χ0) is 18.0. The van der Waals surface area contributed by atoms with E-state index in [2.05, 4.69) is 19.2 Å². The summed E-state index contributed by atoms with van der Waals surface area (Å²) in [6, 6.07) is -1.91. The van der Waals surface area contributed by atoms with Crippen LogP contribution in [0.1, 0.15) is 58.8 Å². The molecule has 0 aromatic heterocycles. The lowest BCUT2D eigenvalue weighted by Crippen LogP contribution is -2.61. The monoisotopic (exact) mass is 347 g/mol. The lowest BCUT2D eigenvalue weighted by Gasteiger charge is -2.64. The summed E-state index contributed by atoms with van der Waals surface area (Å²) in [4.78, 5) is 24.0. The number of nitrogens with one attached hydrogen (secondary N) is 1. The van der Waals surface area contributed by atoms with Crippen molar-refractivity contribution in [1.29, 1.82) is 0 Å². The number of alkyl halides is 3. The molecule has 1 amide bonds. The van der Waals surface area contributed by atoms with E-state index in [4.69, 9.17) is 5.11 Å². The van der Waals surface area contributed by atoms with E-state index >= 15 is 0 Å². The van der Waals surface area contributed by atoms with Crippen molar-refractivity contribution < 1.29 is 27.9 Å². The number of hydrogen-bond acceptors (Lipinski definition) is 2. The SMILES string of the molecule is CC12CC3CC(C)(C1)CC(C(=O)NC(CC(F)(F)F)C(=O)O)(C3)C2. The number of hydrogen-bond donors (Lipinski definition) is 2. The van der Waals surface area contributed by atoms with Crippen molar-refractivity contribution in [1.82, 2.24) is 5.32 Å². The highest BCUT2D eigenvalue weighted by molar-refractivity contribution is 5.88. The number of carbonyl (C=O) groups is 2. The van der Waals surface area contributed by atoms with E-state index in [1.165, 1.54) is 0 Å². The molecular weight excluding hydrogens is 323 g/mol. The van der Waals surface area contributed by atoms with Crippen LogP contribution in [0.4, 0.5) is 13.2 Å². The van der Waals surface area contributed by atoms with Crippen molar-refractivity contribution >= 4 is 11.9 Å². The van der Waals surface area contributed by atoms with Gasteiger partial charge >= 0.3 is 12.1 Å². The van der Waals surface area contributed by atoms with Crippen LogP contribution in [0.3, 0.4) is 0 Å². The minimum Gasteiger partial charge on any atom is -0.480 e. The predicted octanol–water partition coefficient (Wildman–Crippen LogP) is 3.50. The summed E-state index contributed by atoms with van der Waals surface area (Å²) in [7, 11) is 0. The van der Waals surface area contributed by atoms with Gasteiger partial charge < -0.3 is 10.4 Å². The number of carbonyl (C=O) groups excluding carboxylic acids is 1. The Morgan fingerprint density at radius 1 is 1.12 bits per heavy atom. The minimum atomic E-state index is -4.63. The molecule has 7 heteroatoms. The number of halogens is 3. The zero-order valence-corrected chi connectivity index (χ0v) is 14.0. The van der Waals surface area contributed by atoms with Gasteiger partial charge in [-0.3, -0.25) is 4.79 Å². The number of rotatable bonds is 4. The van der Waals surface area contributed by atoms with Crippen molar-refractivity contribution in [3.05, 3.63) is 0 Å². The highest BCUT2D eigenvalue weighted by Crippen LogP contribution is 2.69. The predicted molar refractivity (Wildman–Crippen MR) is 80.1 cm³/mol. The van der Waals surface area contributed by atoms with E-state index in [9.17, 15) is 22.8 Å². The molecule has 0 aromatic carbocycles. The Morgan fingerprint density at radius 3 is 2.08 bits per heavy atom. The van der Waals surface area contributed by atoms with Crippen molar-refractivity contribution in [2.75, 3.05) is 0 Å². The molecule has 0 spiro atoms. The van der Waals surface area contributed by atoms with Gasteiger partial charge in [0, 0.05) is 0 Å². The van der Waals surface area contributed by atoms with Gasteiger partial charge in [-0.1, -0.05) is 13.8 Å². The second kappa shape index (κ2) is 5.11. The number of aliphatic carboxylic acids is 1. The second-order valence-electron chi connectivity index (χ2n) is 9.09. The molecule has 0 heterocycles. The maximum Gasteiger partial charge on any atom is 0.391 e. The molecule has 3 atom stereocenters. The molecule has 4 saturated carbocycles. The first-order valence-corrected chi connectivity index (χ1v) is 8.44. The first kappa shape index (κ1) is 17.5. The normalized spacial score (nSPS) is 42.0. The summed E-state index contributed by atoms with van der Waals surface area (Å²) in [6.45, 7) is 4.31. The molecule has 4 fully saturated rings. The minimum absolute atomic E-state index is 0.0360. The third kappa shape index (κ3) is 3.14. The lowest BCUT2D eigenvalue weighted by molar-refractivity contribution is -0.175. The van der Waals surface area contributed by atoms with Crippen LogP contribution in [0.5, 0.6) is 0 Å². The van der Waals surface area contributed by atoms with Crippen LogP contribution in [0.2, 0.25) is 0 Å². The molecule has 0 radical (unpaired) electrons. The van der Waals surface area contributed by atoms with Crippen LogP contribution in [0, 0.1) is 22.2 Å². The summed E-state index contributed by atoms with van der Waals surface area (Å²) in [5.41, 5.74) is -0.634. The van der Waals surface area contributed by atoms with Crippen LogP contribution >= 0.6 is 0 Å². The summed E-state index contributed by atoms with van der Waals surface area (Å²) >= 11 is 0. The third-order valence-electron chi connectivity index (χ3n) is 6.15. The van der Waals surface area contributed by atoms with Gasteiger partial charge in [0.1, 0.15) is 6.04 Å². The molecule has 4 rings (SSSR count). The number of carboxylic acids is 1. The van der Waals surface area contributed by atoms with E-state index in [-0.39, 0.29) is 10.8 Å². The Labute approximate surface area is 139 Å². The molecule has 0 aromatic rings. The Bertz CT molecular complexity index is 556. The number of amides is 1.